The molecule has 0 aromatic heterocycles. The number of carboxylic acid groups (broad SMARTS) is 1. The van der Waals surface area contributed by atoms with Gasteiger partial charge in [0.15, 0.2) is 0 Å². The van der Waals surface area contributed by atoms with Gasteiger partial charge in [0, 0.05) is 25.5 Å². The number of nitrogens with zero attached hydrogens (tertiary/aromatic N) is 1. The van der Waals surface area contributed by atoms with Crippen LogP contribution in [-0.4, -0.2) is 53.7 Å². The van der Waals surface area contributed by atoms with Gasteiger partial charge >= 0.3 is 5.97 Å². The fourth-order valence-electron chi connectivity index (χ4n) is 2.41. The minimum Gasteiger partial charge on any atom is -0.480 e. The SMILES string of the molecule is CCOC1CC(N)(C(=O)N(C)CC(=O)O)C1(C)C. The number of hydrogen-bond donors (Lipinski definition) is 2. The van der Waals surface area contributed by atoms with Crippen molar-refractivity contribution in [1.82, 2.24) is 4.90 Å². The van der Waals surface area contributed by atoms with E-state index in [9.17, 15) is 9.59 Å². The van der Waals surface area contributed by atoms with Crippen molar-refractivity contribution in [3.63, 3.8) is 0 Å². The number of carbonyl (C=O) groups excluding carboxylic acids is 1. The number of amides is 1. The van der Waals surface area contributed by atoms with Crippen molar-refractivity contribution in [1.29, 1.82) is 0 Å². The predicted molar refractivity (Wildman–Crippen MR) is 66.0 cm³/mol. The van der Waals surface area contributed by atoms with Gasteiger partial charge < -0.3 is 20.5 Å². The van der Waals surface area contributed by atoms with Crippen LogP contribution in [0.15, 0.2) is 0 Å². The summed E-state index contributed by atoms with van der Waals surface area (Å²) in [5.74, 6) is -1.39. The molecule has 0 aromatic rings. The molecule has 1 rings (SSSR count). The van der Waals surface area contributed by atoms with Crippen molar-refractivity contribution < 1.29 is 19.4 Å². The minimum atomic E-state index is -1.05. The van der Waals surface area contributed by atoms with E-state index >= 15 is 0 Å². The zero-order valence-corrected chi connectivity index (χ0v) is 11.4. The summed E-state index contributed by atoms with van der Waals surface area (Å²) in [4.78, 5) is 24.0. The number of likely N-dealkylation sites (N-methyl/N-ethyl adjacent to an activating group) is 1. The summed E-state index contributed by atoms with van der Waals surface area (Å²) in [7, 11) is 1.45. The third-order valence-corrected chi connectivity index (χ3v) is 3.93. The zero-order chi connectivity index (χ0) is 14.1. The second-order valence-electron chi connectivity index (χ2n) is 5.40. The van der Waals surface area contributed by atoms with E-state index in [4.69, 9.17) is 15.6 Å². The summed E-state index contributed by atoms with van der Waals surface area (Å²) in [6.07, 6.45) is 0.367. The summed E-state index contributed by atoms with van der Waals surface area (Å²) < 4.78 is 5.53. The van der Waals surface area contributed by atoms with E-state index in [2.05, 4.69) is 0 Å². The van der Waals surface area contributed by atoms with Gasteiger partial charge in [-0.15, -0.1) is 0 Å². The molecule has 0 heterocycles. The van der Waals surface area contributed by atoms with Gasteiger partial charge in [0.1, 0.15) is 12.1 Å². The topological polar surface area (TPSA) is 92.9 Å². The Kier molecular flexibility index (Phi) is 4.02. The van der Waals surface area contributed by atoms with Crippen molar-refractivity contribution in [3.05, 3.63) is 0 Å². The first-order valence-corrected chi connectivity index (χ1v) is 6.04. The molecule has 6 nitrogen and oxygen atoms in total. The highest BCUT2D eigenvalue weighted by Crippen LogP contribution is 2.50. The molecule has 1 amide bonds. The summed E-state index contributed by atoms with van der Waals surface area (Å²) in [6, 6.07) is 0. The molecule has 0 radical (unpaired) electrons. The van der Waals surface area contributed by atoms with Crippen LogP contribution in [0.2, 0.25) is 0 Å². The van der Waals surface area contributed by atoms with E-state index < -0.39 is 16.9 Å². The van der Waals surface area contributed by atoms with Gasteiger partial charge in [-0.2, -0.15) is 0 Å². The minimum absolute atomic E-state index is 0.0605. The highest BCUT2D eigenvalue weighted by atomic mass is 16.5. The molecule has 1 aliphatic carbocycles. The van der Waals surface area contributed by atoms with E-state index in [1.165, 1.54) is 7.05 Å². The van der Waals surface area contributed by atoms with Crippen LogP contribution >= 0.6 is 0 Å². The first-order chi connectivity index (χ1) is 8.16. The van der Waals surface area contributed by atoms with Gasteiger partial charge in [0.05, 0.1) is 6.10 Å². The zero-order valence-electron chi connectivity index (χ0n) is 11.4. The largest absolute Gasteiger partial charge is 0.480 e. The van der Waals surface area contributed by atoms with Crippen LogP contribution < -0.4 is 5.73 Å². The monoisotopic (exact) mass is 258 g/mol. The molecule has 2 atom stereocenters. The highest BCUT2D eigenvalue weighted by Gasteiger charge is 2.63. The molecule has 18 heavy (non-hydrogen) atoms. The lowest BCUT2D eigenvalue weighted by Gasteiger charge is -2.58. The molecule has 0 bridgehead atoms. The number of hydrogen-bond acceptors (Lipinski definition) is 4. The fourth-order valence-corrected chi connectivity index (χ4v) is 2.41. The number of ether oxygens (including phenoxy) is 1. The van der Waals surface area contributed by atoms with Crippen molar-refractivity contribution in [3.8, 4) is 0 Å². The van der Waals surface area contributed by atoms with E-state index in [0.29, 0.717) is 13.0 Å². The van der Waals surface area contributed by atoms with Crippen LogP contribution in [0, 0.1) is 5.41 Å². The Balaban J connectivity index is 2.77. The Morgan fingerprint density at radius 1 is 1.50 bits per heavy atom. The standard InChI is InChI=1S/C12H22N2O4/c1-5-18-8-6-12(13,11(8,2)3)10(17)14(4)7-9(15)16/h8H,5-7,13H2,1-4H3,(H,15,16). The molecule has 1 fully saturated rings. The van der Waals surface area contributed by atoms with Gasteiger partial charge in [-0.3, -0.25) is 9.59 Å². The quantitative estimate of drug-likeness (QED) is 0.727. The van der Waals surface area contributed by atoms with Crippen LogP contribution in [0.5, 0.6) is 0 Å². The molecular formula is C12H22N2O4. The Morgan fingerprint density at radius 2 is 2.06 bits per heavy atom. The van der Waals surface area contributed by atoms with E-state index in [-0.39, 0.29) is 18.6 Å². The highest BCUT2D eigenvalue weighted by molar-refractivity contribution is 5.90. The number of nitrogens with two attached hydrogens (primary N) is 1. The first kappa shape index (κ1) is 14.9. The average molecular weight is 258 g/mol. The molecule has 0 aliphatic heterocycles. The molecular weight excluding hydrogens is 236 g/mol. The molecule has 0 aromatic carbocycles. The lowest BCUT2D eigenvalue weighted by molar-refractivity contribution is -0.179. The lowest BCUT2D eigenvalue weighted by atomic mass is 9.54. The van der Waals surface area contributed by atoms with E-state index in [1.807, 2.05) is 20.8 Å². The maximum Gasteiger partial charge on any atom is 0.323 e. The third kappa shape index (κ3) is 2.22. The van der Waals surface area contributed by atoms with Crippen LogP contribution in [-0.2, 0) is 14.3 Å². The summed E-state index contributed by atoms with van der Waals surface area (Å²) in [6.45, 7) is 5.88. The van der Waals surface area contributed by atoms with Gasteiger partial charge in [-0.05, 0) is 6.92 Å². The van der Waals surface area contributed by atoms with Gasteiger partial charge in [0.2, 0.25) is 5.91 Å². The van der Waals surface area contributed by atoms with E-state index in [1.54, 1.807) is 0 Å². The lowest BCUT2D eigenvalue weighted by Crippen LogP contribution is -2.75. The second kappa shape index (κ2) is 4.85. The Morgan fingerprint density at radius 3 is 2.44 bits per heavy atom. The van der Waals surface area contributed by atoms with Crippen molar-refractivity contribution in [2.24, 2.45) is 11.1 Å². The number of carbonyl (C=O) groups is 2. The molecule has 104 valence electrons. The van der Waals surface area contributed by atoms with Crippen molar-refractivity contribution in [2.45, 2.75) is 38.8 Å². The maximum absolute atomic E-state index is 12.2. The van der Waals surface area contributed by atoms with Crippen LogP contribution in [0.4, 0.5) is 0 Å². The molecule has 6 heteroatoms. The van der Waals surface area contributed by atoms with Crippen LogP contribution in [0.25, 0.3) is 0 Å². The molecule has 0 spiro atoms. The normalized spacial score (nSPS) is 29.5. The van der Waals surface area contributed by atoms with Crippen LogP contribution in [0.3, 0.4) is 0 Å². The molecule has 2 unspecified atom stereocenters. The molecule has 1 aliphatic rings. The molecule has 3 N–H and O–H groups in total. The third-order valence-electron chi connectivity index (χ3n) is 3.93. The summed E-state index contributed by atoms with van der Waals surface area (Å²) >= 11 is 0. The van der Waals surface area contributed by atoms with Crippen molar-refractivity contribution in [2.75, 3.05) is 20.2 Å². The smallest absolute Gasteiger partial charge is 0.323 e. The Labute approximate surface area is 107 Å². The second-order valence-corrected chi connectivity index (χ2v) is 5.40. The summed E-state index contributed by atoms with van der Waals surface area (Å²) in [5.41, 5.74) is 4.62. The van der Waals surface area contributed by atoms with Gasteiger partial charge in [-0.25, -0.2) is 0 Å². The van der Waals surface area contributed by atoms with Gasteiger partial charge in [0.25, 0.3) is 0 Å². The molecule has 1 saturated carbocycles. The van der Waals surface area contributed by atoms with Gasteiger partial charge in [-0.1, -0.05) is 13.8 Å². The van der Waals surface area contributed by atoms with Crippen molar-refractivity contribution >= 4 is 11.9 Å². The van der Waals surface area contributed by atoms with Crippen LogP contribution in [0.1, 0.15) is 27.2 Å². The number of rotatable bonds is 5. The fraction of sp³-hybridized carbons (Fsp3) is 0.833. The number of carboxylic acids is 1. The Bertz CT molecular complexity index is 356. The first-order valence-electron chi connectivity index (χ1n) is 6.04. The maximum atomic E-state index is 12.2. The van der Waals surface area contributed by atoms with E-state index in [0.717, 1.165) is 4.90 Å². The Hall–Kier alpha value is -1.14. The number of aliphatic carboxylic acids is 1. The average Bonchev–Trinajstić information content (AvgIpc) is 2.26. The summed E-state index contributed by atoms with van der Waals surface area (Å²) in [5, 5.41) is 8.70. The predicted octanol–water partition coefficient (Wildman–Crippen LogP) is 0.0619. The molecule has 0 saturated heterocycles.